The lowest BCUT2D eigenvalue weighted by Crippen LogP contribution is -2.32. The number of unbranched alkanes of at least 4 members (excludes halogenated alkanes) is 1. The normalized spacial score (nSPS) is 28.3. The summed E-state index contributed by atoms with van der Waals surface area (Å²) in [6.45, 7) is 7.76. The predicted octanol–water partition coefficient (Wildman–Crippen LogP) is 3.13. The molecule has 18 heavy (non-hydrogen) atoms. The first-order chi connectivity index (χ1) is 8.43. The second-order valence-corrected chi connectivity index (χ2v) is 6.45. The Morgan fingerprint density at radius 1 is 1.39 bits per heavy atom. The molecule has 0 amide bonds. The number of nitrogens with zero attached hydrogens (tertiary/aromatic N) is 1. The molecular formula is C14H28N2O2. The molecule has 0 saturated heterocycles. The van der Waals surface area contributed by atoms with Crippen LogP contribution < -0.4 is 5.73 Å². The SMILES string of the molecule is CC1CC(OCCCCC(N)=NO)CC(C)(C)C1. The number of hydrogen-bond acceptors (Lipinski definition) is 3. The number of ether oxygens (including phenoxy) is 1. The Labute approximate surface area is 111 Å². The first-order valence-electron chi connectivity index (χ1n) is 7.01. The maximum absolute atomic E-state index is 8.41. The predicted molar refractivity (Wildman–Crippen MR) is 73.8 cm³/mol. The fraction of sp³-hybridized carbons (Fsp3) is 0.929. The summed E-state index contributed by atoms with van der Waals surface area (Å²) in [4.78, 5) is 0. The zero-order chi connectivity index (χ0) is 13.6. The minimum absolute atomic E-state index is 0.308. The van der Waals surface area contributed by atoms with Crippen LogP contribution >= 0.6 is 0 Å². The lowest BCUT2D eigenvalue weighted by molar-refractivity contribution is -0.0238. The number of nitrogens with two attached hydrogens (primary N) is 1. The molecule has 1 saturated carbocycles. The highest BCUT2D eigenvalue weighted by atomic mass is 16.5. The summed E-state index contributed by atoms with van der Waals surface area (Å²) >= 11 is 0. The lowest BCUT2D eigenvalue weighted by Gasteiger charge is -2.38. The van der Waals surface area contributed by atoms with E-state index in [1.54, 1.807) is 0 Å². The van der Waals surface area contributed by atoms with Gasteiger partial charge in [0.25, 0.3) is 0 Å². The van der Waals surface area contributed by atoms with Crippen molar-refractivity contribution in [1.82, 2.24) is 0 Å². The van der Waals surface area contributed by atoms with Crippen LogP contribution in [0.4, 0.5) is 0 Å². The van der Waals surface area contributed by atoms with Gasteiger partial charge in [0.15, 0.2) is 0 Å². The molecular weight excluding hydrogens is 228 g/mol. The van der Waals surface area contributed by atoms with Crippen molar-refractivity contribution in [3.63, 3.8) is 0 Å². The fourth-order valence-electron chi connectivity index (χ4n) is 3.09. The maximum Gasteiger partial charge on any atom is 0.139 e. The molecule has 0 aromatic heterocycles. The van der Waals surface area contributed by atoms with Gasteiger partial charge in [-0.2, -0.15) is 0 Å². The molecule has 1 aliphatic carbocycles. The van der Waals surface area contributed by atoms with Crippen LogP contribution in [-0.4, -0.2) is 23.8 Å². The molecule has 2 unspecified atom stereocenters. The van der Waals surface area contributed by atoms with Gasteiger partial charge in [-0.3, -0.25) is 0 Å². The monoisotopic (exact) mass is 256 g/mol. The van der Waals surface area contributed by atoms with E-state index in [0.29, 0.717) is 23.8 Å². The van der Waals surface area contributed by atoms with Crippen LogP contribution in [0.2, 0.25) is 0 Å². The average molecular weight is 256 g/mol. The third kappa shape index (κ3) is 5.71. The molecule has 4 heteroatoms. The summed E-state index contributed by atoms with van der Waals surface area (Å²) in [5.41, 5.74) is 5.82. The Hall–Kier alpha value is -0.770. The second-order valence-electron chi connectivity index (χ2n) is 6.45. The fourth-order valence-corrected chi connectivity index (χ4v) is 3.09. The van der Waals surface area contributed by atoms with Gasteiger partial charge >= 0.3 is 0 Å². The summed E-state index contributed by atoms with van der Waals surface area (Å²) in [5.74, 6) is 1.07. The van der Waals surface area contributed by atoms with Crippen molar-refractivity contribution < 1.29 is 9.94 Å². The zero-order valence-electron chi connectivity index (χ0n) is 12.0. The second kappa shape index (κ2) is 6.98. The van der Waals surface area contributed by atoms with Crippen molar-refractivity contribution >= 4 is 5.84 Å². The summed E-state index contributed by atoms with van der Waals surface area (Å²) < 4.78 is 5.96. The van der Waals surface area contributed by atoms with Crippen molar-refractivity contribution in [3.8, 4) is 0 Å². The van der Waals surface area contributed by atoms with Crippen LogP contribution in [-0.2, 0) is 4.74 Å². The van der Waals surface area contributed by atoms with E-state index in [1.807, 2.05) is 0 Å². The van der Waals surface area contributed by atoms with Crippen LogP contribution in [0.3, 0.4) is 0 Å². The van der Waals surface area contributed by atoms with Crippen molar-refractivity contribution in [2.45, 2.75) is 65.4 Å². The van der Waals surface area contributed by atoms with E-state index in [0.717, 1.165) is 31.8 Å². The molecule has 1 aliphatic rings. The molecule has 106 valence electrons. The van der Waals surface area contributed by atoms with E-state index in [9.17, 15) is 0 Å². The lowest BCUT2D eigenvalue weighted by atomic mass is 9.71. The van der Waals surface area contributed by atoms with Crippen molar-refractivity contribution in [2.24, 2.45) is 22.2 Å². The Kier molecular flexibility index (Phi) is 5.93. The highest BCUT2D eigenvalue weighted by Gasteiger charge is 2.32. The first-order valence-corrected chi connectivity index (χ1v) is 7.01. The summed E-state index contributed by atoms with van der Waals surface area (Å²) in [7, 11) is 0. The summed E-state index contributed by atoms with van der Waals surface area (Å²) in [6.07, 6.45) is 6.60. The highest BCUT2D eigenvalue weighted by Crippen LogP contribution is 2.39. The molecule has 0 spiro atoms. The molecule has 2 atom stereocenters. The Morgan fingerprint density at radius 2 is 2.11 bits per heavy atom. The van der Waals surface area contributed by atoms with Gasteiger partial charge in [0.05, 0.1) is 6.10 Å². The van der Waals surface area contributed by atoms with Gasteiger partial charge in [0.2, 0.25) is 0 Å². The number of oxime groups is 1. The molecule has 3 N–H and O–H groups in total. The largest absolute Gasteiger partial charge is 0.409 e. The van der Waals surface area contributed by atoms with Crippen LogP contribution in [0.1, 0.15) is 59.3 Å². The number of amidine groups is 1. The van der Waals surface area contributed by atoms with Crippen LogP contribution in [0, 0.1) is 11.3 Å². The van der Waals surface area contributed by atoms with Gasteiger partial charge in [-0.05, 0) is 43.4 Å². The molecule has 1 fully saturated rings. The number of rotatable bonds is 6. The molecule has 0 aromatic rings. The van der Waals surface area contributed by atoms with Crippen molar-refractivity contribution in [2.75, 3.05) is 6.61 Å². The third-order valence-corrected chi connectivity index (χ3v) is 3.66. The molecule has 0 radical (unpaired) electrons. The van der Waals surface area contributed by atoms with Crippen molar-refractivity contribution in [3.05, 3.63) is 0 Å². The van der Waals surface area contributed by atoms with E-state index in [1.165, 1.54) is 12.8 Å². The average Bonchev–Trinajstić information content (AvgIpc) is 2.25. The van der Waals surface area contributed by atoms with E-state index in [-0.39, 0.29) is 0 Å². The molecule has 0 bridgehead atoms. The highest BCUT2D eigenvalue weighted by molar-refractivity contribution is 5.79. The van der Waals surface area contributed by atoms with Gasteiger partial charge in [-0.15, -0.1) is 0 Å². The number of hydrogen-bond donors (Lipinski definition) is 2. The molecule has 1 rings (SSSR count). The maximum atomic E-state index is 8.41. The van der Waals surface area contributed by atoms with Crippen LogP contribution in [0.15, 0.2) is 5.16 Å². The Balaban J connectivity index is 2.15. The van der Waals surface area contributed by atoms with Crippen LogP contribution in [0.25, 0.3) is 0 Å². The van der Waals surface area contributed by atoms with E-state index in [2.05, 4.69) is 25.9 Å². The van der Waals surface area contributed by atoms with E-state index >= 15 is 0 Å². The van der Waals surface area contributed by atoms with E-state index in [4.69, 9.17) is 15.7 Å². The zero-order valence-corrected chi connectivity index (χ0v) is 12.0. The third-order valence-electron chi connectivity index (χ3n) is 3.66. The van der Waals surface area contributed by atoms with Gasteiger partial charge in [-0.1, -0.05) is 25.9 Å². The smallest absolute Gasteiger partial charge is 0.139 e. The van der Waals surface area contributed by atoms with Gasteiger partial charge in [0, 0.05) is 13.0 Å². The minimum atomic E-state index is 0.308. The summed E-state index contributed by atoms with van der Waals surface area (Å²) in [5, 5.41) is 11.4. The molecule has 0 aliphatic heterocycles. The first kappa shape index (κ1) is 15.3. The molecule has 0 aromatic carbocycles. The van der Waals surface area contributed by atoms with Gasteiger partial charge in [0.1, 0.15) is 5.84 Å². The Bertz CT molecular complexity index is 277. The van der Waals surface area contributed by atoms with Crippen molar-refractivity contribution in [1.29, 1.82) is 0 Å². The minimum Gasteiger partial charge on any atom is -0.409 e. The van der Waals surface area contributed by atoms with E-state index < -0.39 is 0 Å². The standard InChI is InChI=1S/C14H28N2O2/c1-11-8-12(10-14(2,3)9-11)18-7-5-4-6-13(15)16-17/h11-12,17H,4-10H2,1-3H3,(H2,15,16). The quantitative estimate of drug-likeness (QED) is 0.252. The summed E-state index contributed by atoms with van der Waals surface area (Å²) in [6, 6.07) is 0. The molecule has 0 heterocycles. The van der Waals surface area contributed by atoms with Gasteiger partial charge < -0.3 is 15.7 Å². The van der Waals surface area contributed by atoms with Gasteiger partial charge in [-0.25, -0.2) is 0 Å². The topological polar surface area (TPSA) is 67.8 Å². The molecule has 4 nitrogen and oxygen atoms in total. The Morgan fingerprint density at radius 3 is 2.72 bits per heavy atom. The van der Waals surface area contributed by atoms with Crippen LogP contribution in [0.5, 0.6) is 0 Å².